The van der Waals surface area contributed by atoms with Gasteiger partial charge >= 0.3 is 0 Å². The number of amides is 3. The Kier molecular flexibility index (Phi) is 9.06. The number of carbonyl (C=O) groups is 3. The number of hydrogen-bond donors (Lipinski definition) is 3. The fraction of sp³-hybridized carbons (Fsp3) is 0.300. The van der Waals surface area contributed by atoms with E-state index in [1.165, 1.54) is 0 Å². The van der Waals surface area contributed by atoms with Gasteiger partial charge in [-0.15, -0.1) is 0 Å². The van der Waals surface area contributed by atoms with Crippen LogP contribution in [0.4, 0.5) is 5.69 Å². The van der Waals surface area contributed by atoms with E-state index >= 15 is 0 Å². The first kappa shape index (κ1) is 27.5. The molecule has 7 heteroatoms. The molecule has 0 bridgehead atoms. The molecular weight excluding hydrogens is 466 g/mol. The van der Waals surface area contributed by atoms with Crippen molar-refractivity contribution in [2.24, 2.45) is 5.92 Å². The van der Waals surface area contributed by atoms with Crippen molar-refractivity contribution in [1.82, 2.24) is 10.9 Å². The minimum Gasteiger partial charge on any atom is -0.494 e. The maximum absolute atomic E-state index is 12.6. The van der Waals surface area contributed by atoms with Gasteiger partial charge in [-0.25, -0.2) is 0 Å². The zero-order chi connectivity index (χ0) is 27.0. The summed E-state index contributed by atoms with van der Waals surface area (Å²) < 4.78 is 5.66. The van der Waals surface area contributed by atoms with Gasteiger partial charge in [0.05, 0.1) is 6.61 Å². The molecule has 0 spiro atoms. The lowest BCUT2D eigenvalue weighted by Crippen LogP contribution is -2.41. The molecule has 0 saturated heterocycles. The van der Waals surface area contributed by atoms with E-state index in [4.69, 9.17) is 4.74 Å². The lowest BCUT2D eigenvalue weighted by molar-refractivity contribution is 0.0846. The summed E-state index contributed by atoms with van der Waals surface area (Å²) in [7, 11) is 0. The summed E-state index contributed by atoms with van der Waals surface area (Å²) in [6, 6.07) is 20.6. The van der Waals surface area contributed by atoms with Crippen LogP contribution in [0, 0.1) is 5.92 Å². The van der Waals surface area contributed by atoms with Gasteiger partial charge in [-0.2, -0.15) is 0 Å². The number of rotatable bonds is 8. The Balaban J connectivity index is 1.49. The average molecular weight is 502 g/mol. The Morgan fingerprint density at radius 2 is 1.16 bits per heavy atom. The summed E-state index contributed by atoms with van der Waals surface area (Å²) in [5.74, 6) is 0.0951. The van der Waals surface area contributed by atoms with Crippen molar-refractivity contribution >= 4 is 23.4 Å². The van der Waals surface area contributed by atoms with Crippen LogP contribution in [-0.4, -0.2) is 24.3 Å². The number of anilines is 1. The molecule has 3 aromatic rings. The van der Waals surface area contributed by atoms with Crippen LogP contribution >= 0.6 is 0 Å². The third-order valence-electron chi connectivity index (χ3n) is 5.79. The van der Waals surface area contributed by atoms with Crippen LogP contribution in [-0.2, 0) is 5.41 Å². The van der Waals surface area contributed by atoms with Crippen LogP contribution in [0.15, 0.2) is 72.8 Å². The molecule has 3 amide bonds. The first-order chi connectivity index (χ1) is 17.5. The normalized spacial score (nSPS) is 11.1. The van der Waals surface area contributed by atoms with Gasteiger partial charge in [0.2, 0.25) is 0 Å². The minimum atomic E-state index is -0.474. The van der Waals surface area contributed by atoms with Gasteiger partial charge in [0.1, 0.15) is 5.75 Å². The molecule has 0 atom stereocenters. The molecule has 0 aromatic heterocycles. The van der Waals surface area contributed by atoms with Crippen LogP contribution in [0.5, 0.6) is 5.75 Å². The smallest absolute Gasteiger partial charge is 0.269 e. The summed E-state index contributed by atoms with van der Waals surface area (Å²) in [4.78, 5) is 37.4. The molecular formula is C30H35N3O4. The van der Waals surface area contributed by atoms with E-state index in [9.17, 15) is 14.4 Å². The summed E-state index contributed by atoms with van der Waals surface area (Å²) >= 11 is 0. The van der Waals surface area contributed by atoms with Crippen LogP contribution in [0.1, 0.15) is 77.7 Å². The minimum absolute atomic E-state index is 0.0113. The van der Waals surface area contributed by atoms with Crippen molar-refractivity contribution in [2.75, 3.05) is 11.9 Å². The van der Waals surface area contributed by atoms with E-state index in [1.54, 1.807) is 60.7 Å². The molecule has 0 saturated carbocycles. The van der Waals surface area contributed by atoms with Gasteiger partial charge < -0.3 is 10.1 Å². The SMILES string of the molecule is CC(C)CCOc1ccc(C(=O)NNC(=O)c2ccc(NC(=O)c3ccc(C(C)(C)C)cc3)cc2)cc1. The first-order valence-electron chi connectivity index (χ1n) is 12.4. The Hall–Kier alpha value is -4.13. The van der Waals surface area contributed by atoms with Gasteiger partial charge in [0, 0.05) is 22.4 Å². The summed E-state index contributed by atoms with van der Waals surface area (Å²) in [6.45, 7) is 11.2. The number of carbonyl (C=O) groups excluding carboxylic acids is 3. The van der Waals surface area contributed by atoms with E-state index in [2.05, 4.69) is 50.8 Å². The van der Waals surface area contributed by atoms with Crippen LogP contribution < -0.4 is 20.9 Å². The highest BCUT2D eigenvalue weighted by Crippen LogP contribution is 2.22. The Labute approximate surface area is 218 Å². The fourth-order valence-corrected chi connectivity index (χ4v) is 3.40. The number of benzene rings is 3. The molecule has 3 rings (SSSR count). The molecule has 7 nitrogen and oxygen atoms in total. The van der Waals surface area contributed by atoms with E-state index in [1.807, 2.05) is 12.1 Å². The average Bonchev–Trinajstić information content (AvgIpc) is 2.87. The molecule has 37 heavy (non-hydrogen) atoms. The van der Waals surface area contributed by atoms with E-state index in [0.717, 1.165) is 12.0 Å². The van der Waals surface area contributed by atoms with E-state index in [0.29, 0.717) is 40.7 Å². The molecule has 0 aliphatic rings. The Morgan fingerprint density at radius 3 is 1.65 bits per heavy atom. The predicted octanol–water partition coefficient (Wildman–Crippen LogP) is 5.74. The van der Waals surface area contributed by atoms with E-state index < -0.39 is 11.8 Å². The number of nitrogens with one attached hydrogen (secondary N) is 3. The highest BCUT2D eigenvalue weighted by atomic mass is 16.5. The molecule has 0 radical (unpaired) electrons. The zero-order valence-electron chi connectivity index (χ0n) is 22.1. The summed E-state index contributed by atoms with van der Waals surface area (Å²) in [5.41, 5.74) is 7.81. The standard InChI is InChI=1S/C30H35N3O4/c1-20(2)18-19-37-26-16-10-23(11-17-26)29(36)33-32-28(35)22-8-14-25(15-9-22)31-27(34)21-6-12-24(13-7-21)30(3,4)5/h6-17,20H,18-19H2,1-5H3,(H,31,34)(H,32,35)(H,33,36). The Morgan fingerprint density at radius 1 is 0.703 bits per heavy atom. The molecule has 0 fully saturated rings. The zero-order valence-corrected chi connectivity index (χ0v) is 22.1. The lowest BCUT2D eigenvalue weighted by atomic mass is 9.87. The van der Waals surface area contributed by atoms with Crippen molar-refractivity contribution in [3.05, 3.63) is 95.1 Å². The quantitative estimate of drug-likeness (QED) is 0.343. The van der Waals surface area contributed by atoms with Gasteiger partial charge in [0.15, 0.2) is 0 Å². The topological polar surface area (TPSA) is 96.5 Å². The summed E-state index contributed by atoms with van der Waals surface area (Å²) in [6.07, 6.45) is 0.951. The molecule has 3 aromatic carbocycles. The van der Waals surface area contributed by atoms with Crippen molar-refractivity contribution < 1.29 is 19.1 Å². The van der Waals surface area contributed by atoms with Crippen molar-refractivity contribution in [3.63, 3.8) is 0 Å². The third-order valence-corrected chi connectivity index (χ3v) is 5.79. The molecule has 0 heterocycles. The molecule has 0 aliphatic carbocycles. The second-order valence-corrected chi connectivity index (χ2v) is 10.3. The van der Waals surface area contributed by atoms with Crippen molar-refractivity contribution in [2.45, 2.75) is 46.5 Å². The second-order valence-electron chi connectivity index (χ2n) is 10.3. The van der Waals surface area contributed by atoms with Crippen LogP contribution in [0.3, 0.4) is 0 Å². The molecule has 3 N–H and O–H groups in total. The third kappa shape index (κ3) is 8.20. The first-order valence-corrected chi connectivity index (χ1v) is 12.4. The largest absolute Gasteiger partial charge is 0.494 e. The summed E-state index contributed by atoms with van der Waals surface area (Å²) in [5, 5.41) is 2.83. The van der Waals surface area contributed by atoms with Crippen LogP contribution in [0.25, 0.3) is 0 Å². The predicted molar refractivity (Wildman–Crippen MR) is 146 cm³/mol. The highest BCUT2D eigenvalue weighted by Gasteiger charge is 2.15. The van der Waals surface area contributed by atoms with E-state index in [-0.39, 0.29) is 11.3 Å². The molecule has 0 unspecified atom stereocenters. The molecule has 0 aliphatic heterocycles. The van der Waals surface area contributed by atoms with Crippen LogP contribution in [0.2, 0.25) is 0 Å². The molecule has 194 valence electrons. The number of hydrogen-bond acceptors (Lipinski definition) is 4. The maximum Gasteiger partial charge on any atom is 0.269 e. The monoisotopic (exact) mass is 501 g/mol. The maximum atomic E-state index is 12.6. The van der Waals surface area contributed by atoms with Crippen molar-refractivity contribution in [1.29, 1.82) is 0 Å². The highest BCUT2D eigenvalue weighted by molar-refractivity contribution is 6.04. The number of ether oxygens (including phenoxy) is 1. The number of hydrazine groups is 1. The second kappa shape index (κ2) is 12.2. The van der Waals surface area contributed by atoms with Gasteiger partial charge in [-0.3, -0.25) is 25.2 Å². The van der Waals surface area contributed by atoms with Gasteiger partial charge in [-0.05, 0) is 84.0 Å². The van der Waals surface area contributed by atoms with Crippen molar-refractivity contribution in [3.8, 4) is 5.75 Å². The fourth-order valence-electron chi connectivity index (χ4n) is 3.40. The lowest BCUT2D eigenvalue weighted by Gasteiger charge is -2.19. The van der Waals surface area contributed by atoms with Gasteiger partial charge in [0.25, 0.3) is 17.7 Å². The van der Waals surface area contributed by atoms with Gasteiger partial charge in [-0.1, -0.05) is 46.8 Å². The Bertz CT molecular complexity index is 1210.